The highest BCUT2D eigenvalue weighted by Crippen LogP contribution is 2.30. The SMILES string of the molecule is CCCNCc1csc(N(CC)C2CCCC2)n1. The molecule has 1 aromatic rings. The molecular formula is C14H25N3S. The summed E-state index contributed by atoms with van der Waals surface area (Å²) in [7, 11) is 0. The minimum atomic E-state index is 0.734. The molecule has 1 heterocycles. The minimum absolute atomic E-state index is 0.734. The summed E-state index contributed by atoms with van der Waals surface area (Å²) in [5, 5.41) is 6.84. The van der Waals surface area contributed by atoms with E-state index in [1.807, 2.05) is 0 Å². The first-order valence-electron chi connectivity index (χ1n) is 7.27. The van der Waals surface area contributed by atoms with Gasteiger partial charge in [0.15, 0.2) is 5.13 Å². The predicted molar refractivity (Wildman–Crippen MR) is 79.4 cm³/mol. The highest BCUT2D eigenvalue weighted by atomic mass is 32.1. The van der Waals surface area contributed by atoms with Gasteiger partial charge in [-0.2, -0.15) is 0 Å². The molecule has 0 aromatic carbocycles. The molecule has 0 radical (unpaired) electrons. The molecule has 0 saturated heterocycles. The molecule has 0 amide bonds. The van der Waals surface area contributed by atoms with Crippen LogP contribution in [0.25, 0.3) is 0 Å². The Kier molecular flexibility index (Phi) is 5.45. The van der Waals surface area contributed by atoms with E-state index >= 15 is 0 Å². The lowest BCUT2D eigenvalue weighted by atomic mass is 10.2. The van der Waals surface area contributed by atoms with Gasteiger partial charge in [0.2, 0.25) is 0 Å². The standard InChI is InChI=1S/C14H25N3S/c1-3-9-15-10-12-11-18-14(16-12)17(4-2)13-7-5-6-8-13/h11,13,15H,3-10H2,1-2H3. The molecule has 102 valence electrons. The second-order valence-electron chi connectivity index (χ2n) is 5.02. The average Bonchev–Trinajstić information content (AvgIpc) is 3.03. The third-order valence-electron chi connectivity index (χ3n) is 3.62. The Balaban J connectivity index is 1.94. The van der Waals surface area contributed by atoms with E-state index in [4.69, 9.17) is 4.98 Å². The molecule has 18 heavy (non-hydrogen) atoms. The molecule has 3 nitrogen and oxygen atoms in total. The van der Waals surface area contributed by atoms with E-state index in [2.05, 4.69) is 29.4 Å². The molecule has 0 spiro atoms. The van der Waals surface area contributed by atoms with Crippen LogP contribution in [0.5, 0.6) is 0 Å². The Labute approximate surface area is 115 Å². The molecule has 1 N–H and O–H groups in total. The number of aromatic nitrogens is 1. The van der Waals surface area contributed by atoms with Gasteiger partial charge >= 0.3 is 0 Å². The summed E-state index contributed by atoms with van der Waals surface area (Å²) in [5.41, 5.74) is 1.19. The maximum atomic E-state index is 4.78. The van der Waals surface area contributed by atoms with Crippen LogP contribution < -0.4 is 10.2 Å². The van der Waals surface area contributed by atoms with Crippen LogP contribution in [0.15, 0.2) is 5.38 Å². The second-order valence-corrected chi connectivity index (χ2v) is 5.86. The van der Waals surface area contributed by atoms with Gasteiger partial charge < -0.3 is 10.2 Å². The quantitative estimate of drug-likeness (QED) is 0.767. The molecule has 1 fully saturated rings. The Morgan fingerprint density at radius 3 is 2.83 bits per heavy atom. The van der Waals surface area contributed by atoms with Gasteiger partial charge in [0.05, 0.1) is 5.69 Å². The number of hydrogen-bond acceptors (Lipinski definition) is 4. The van der Waals surface area contributed by atoms with Crippen molar-refractivity contribution in [2.24, 2.45) is 0 Å². The first-order chi connectivity index (χ1) is 8.85. The fourth-order valence-corrected chi connectivity index (χ4v) is 3.63. The van der Waals surface area contributed by atoms with E-state index < -0.39 is 0 Å². The van der Waals surface area contributed by atoms with Crippen LogP contribution >= 0.6 is 11.3 Å². The topological polar surface area (TPSA) is 28.2 Å². The van der Waals surface area contributed by atoms with Crippen LogP contribution in [-0.2, 0) is 6.54 Å². The summed E-state index contributed by atoms with van der Waals surface area (Å²) in [5.74, 6) is 0. The smallest absolute Gasteiger partial charge is 0.185 e. The molecule has 1 aromatic heterocycles. The lowest BCUT2D eigenvalue weighted by molar-refractivity contribution is 0.615. The van der Waals surface area contributed by atoms with Gasteiger partial charge in [0.1, 0.15) is 0 Å². The molecule has 0 aliphatic heterocycles. The fourth-order valence-electron chi connectivity index (χ4n) is 2.67. The van der Waals surface area contributed by atoms with Crippen LogP contribution in [0.4, 0.5) is 5.13 Å². The molecule has 1 saturated carbocycles. The Bertz CT molecular complexity index is 345. The van der Waals surface area contributed by atoms with Crippen LogP contribution in [0.2, 0.25) is 0 Å². The maximum absolute atomic E-state index is 4.78. The number of nitrogens with zero attached hydrogens (tertiary/aromatic N) is 2. The summed E-state index contributed by atoms with van der Waals surface area (Å²) < 4.78 is 0. The zero-order valence-electron chi connectivity index (χ0n) is 11.6. The van der Waals surface area contributed by atoms with Gasteiger partial charge in [-0.15, -0.1) is 11.3 Å². The summed E-state index contributed by atoms with van der Waals surface area (Å²) in [4.78, 5) is 7.28. The third kappa shape index (κ3) is 3.45. The Morgan fingerprint density at radius 1 is 1.39 bits per heavy atom. The number of hydrogen-bond donors (Lipinski definition) is 1. The van der Waals surface area contributed by atoms with E-state index in [-0.39, 0.29) is 0 Å². The fraction of sp³-hybridized carbons (Fsp3) is 0.786. The van der Waals surface area contributed by atoms with Crippen LogP contribution in [0.3, 0.4) is 0 Å². The van der Waals surface area contributed by atoms with Gasteiger partial charge in [-0.25, -0.2) is 4.98 Å². The lowest BCUT2D eigenvalue weighted by Crippen LogP contribution is -2.32. The molecule has 2 rings (SSSR count). The van der Waals surface area contributed by atoms with Crippen molar-refractivity contribution in [3.05, 3.63) is 11.1 Å². The lowest BCUT2D eigenvalue weighted by Gasteiger charge is -2.26. The van der Waals surface area contributed by atoms with E-state index in [1.165, 1.54) is 42.9 Å². The number of rotatable bonds is 7. The zero-order valence-corrected chi connectivity index (χ0v) is 12.4. The zero-order chi connectivity index (χ0) is 12.8. The minimum Gasteiger partial charge on any atom is -0.345 e. The Morgan fingerprint density at radius 2 is 2.17 bits per heavy atom. The highest BCUT2D eigenvalue weighted by molar-refractivity contribution is 7.13. The first kappa shape index (κ1) is 13.8. The van der Waals surface area contributed by atoms with Crippen molar-refractivity contribution in [1.82, 2.24) is 10.3 Å². The molecule has 4 heteroatoms. The van der Waals surface area contributed by atoms with E-state index in [0.717, 1.165) is 25.7 Å². The molecule has 0 atom stereocenters. The maximum Gasteiger partial charge on any atom is 0.185 e. The largest absolute Gasteiger partial charge is 0.345 e. The average molecular weight is 267 g/mol. The molecule has 1 aliphatic rings. The van der Waals surface area contributed by atoms with Crippen LogP contribution in [0.1, 0.15) is 51.6 Å². The summed E-state index contributed by atoms with van der Waals surface area (Å²) in [6.45, 7) is 7.51. The first-order valence-corrected chi connectivity index (χ1v) is 8.14. The van der Waals surface area contributed by atoms with Crippen LogP contribution in [-0.4, -0.2) is 24.1 Å². The van der Waals surface area contributed by atoms with E-state index in [1.54, 1.807) is 11.3 Å². The van der Waals surface area contributed by atoms with Crippen molar-refractivity contribution >= 4 is 16.5 Å². The van der Waals surface area contributed by atoms with Crippen molar-refractivity contribution < 1.29 is 0 Å². The molecule has 0 unspecified atom stereocenters. The van der Waals surface area contributed by atoms with Gasteiger partial charge in [0.25, 0.3) is 0 Å². The highest BCUT2D eigenvalue weighted by Gasteiger charge is 2.23. The van der Waals surface area contributed by atoms with Crippen molar-refractivity contribution in [3.8, 4) is 0 Å². The summed E-state index contributed by atoms with van der Waals surface area (Å²) >= 11 is 1.80. The summed E-state index contributed by atoms with van der Waals surface area (Å²) in [6.07, 6.45) is 6.64. The molecular weight excluding hydrogens is 242 g/mol. The normalized spacial score (nSPS) is 16.3. The second kappa shape index (κ2) is 7.10. The van der Waals surface area contributed by atoms with Gasteiger partial charge in [-0.05, 0) is 32.7 Å². The van der Waals surface area contributed by atoms with Gasteiger partial charge in [-0.3, -0.25) is 0 Å². The third-order valence-corrected chi connectivity index (χ3v) is 4.55. The van der Waals surface area contributed by atoms with E-state index in [0.29, 0.717) is 0 Å². The number of anilines is 1. The predicted octanol–water partition coefficient (Wildman–Crippen LogP) is 3.41. The summed E-state index contributed by atoms with van der Waals surface area (Å²) in [6, 6.07) is 0.734. The van der Waals surface area contributed by atoms with Crippen LogP contribution in [0, 0.1) is 0 Å². The number of thiazole rings is 1. The Hall–Kier alpha value is -0.610. The van der Waals surface area contributed by atoms with Gasteiger partial charge in [-0.1, -0.05) is 19.8 Å². The molecule has 1 aliphatic carbocycles. The monoisotopic (exact) mass is 267 g/mol. The molecule has 0 bridgehead atoms. The van der Waals surface area contributed by atoms with Crippen molar-refractivity contribution in [3.63, 3.8) is 0 Å². The van der Waals surface area contributed by atoms with E-state index in [9.17, 15) is 0 Å². The van der Waals surface area contributed by atoms with Crippen molar-refractivity contribution in [1.29, 1.82) is 0 Å². The van der Waals surface area contributed by atoms with Crippen molar-refractivity contribution in [2.75, 3.05) is 18.0 Å². The number of nitrogens with one attached hydrogen (secondary N) is 1. The van der Waals surface area contributed by atoms with Gasteiger partial charge in [0, 0.05) is 24.5 Å². The van der Waals surface area contributed by atoms with Crippen molar-refractivity contribution in [2.45, 2.75) is 58.5 Å².